The maximum Gasteiger partial charge on any atom is 0.134 e. The van der Waals surface area contributed by atoms with Crippen LogP contribution in [0.3, 0.4) is 0 Å². The first kappa shape index (κ1) is 12.9. The van der Waals surface area contributed by atoms with E-state index in [4.69, 9.17) is 10.3 Å². The van der Waals surface area contributed by atoms with E-state index in [1.165, 1.54) is 5.56 Å². The van der Waals surface area contributed by atoms with Crippen LogP contribution in [0.15, 0.2) is 59.2 Å². The van der Waals surface area contributed by atoms with Crippen molar-refractivity contribution in [3.05, 3.63) is 71.5 Å². The molecule has 0 aliphatic heterocycles. The van der Waals surface area contributed by atoms with Crippen LogP contribution < -0.4 is 11.3 Å². The molecule has 0 fully saturated rings. The smallest absolute Gasteiger partial charge is 0.134 e. The second kappa shape index (κ2) is 5.49. The van der Waals surface area contributed by atoms with Crippen LogP contribution in [0.2, 0.25) is 0 Å². The Kier molecular flexibility index (Phi) is 3.54. The van der Waals surface area contributed by atoms with Gasteiger partial charge in [0.1, 0.15) is 5.58 Å². The largest absolute Gasteiger partial charge is 0.464 e. The van der Waals surface area contributed by atoms with Gasteiger partial charge >= 0.3 is 0 Å². The Morgan fingerprint density at radius 2 is 2.00 bits per heavy atom. The van der Waals surface area contributed by atoms with Gasteiger partial charge in [0.15, 0.2) is 0 Å². The van der Waals surface area contributed by atoms with Crippen molar-refractivity contribution in [2.45, 2.75) is 19.4 Å². The van der Waals surface area contributed by atoms with E-state index in [0.29, 0.717) is 0 Å². The summed E-state index contributed by atoms with van der Waals surface area (Å²) in [7, 11) is 0. The van der Waals surface area contributed by atoms with E-state index in [1.807, 2.05) is 18.2 Å². The molecule has 1 atom stereocenters. The van der Waals surface area contributed by atoms with Gasteiger partial charge in [0, 0.05) is 10.9 Å². The van der Waals surface area contributed by atoms with Gasteiger partial charge in [0.2, 0.25) is 0 Å². The average molecular weight is 266 g/mol. The Hall–Kier alpha value is -2.10. The van der Waals surface area contributed by atoms with Crippen molar-refractivity contribution in [2.75, 3.05) is 0 Å². The van der Waals surface area contributed by atoms with E-state index in [1.54, 1.807) is 6.26 Å². The van der Waals surface area contributed by atoms with E-state index in [0.717, 1.165) is 28.5 Å². The summed E-state index contributed by atoms with van der Waals surface area (Å²) in [5, 5.41) is 1.09. The Morgan fingerprint density at radius 3 is 2.80 bits per heavy atom. The number of furan rings is 1. The first-order valence-electron chi connectivity index (χ1n) is 6.84. The van der Waals surface area contributed by atoms with Gasteiger partial charge in [-0.05, 0) is 23.6 Å². The van der Waals surface area contributed by atoms with Crippen LogP contribution in [0.25, 0.3) is 11.0 Å². The molecular weight excluding hydrogens is 248 g/mol. The summed E-state index contributed by atoms with van der Waals surface area (Å²) >= 11 is 0. The van der Waals surface area contributed by atoms with Gasteiger partial charge in [-0.15, -0.1) is 0 Å². The van der Waals surface area contributed by atoms with Gasteiger partial charge in [-0.2, -0.15) is 0 Å². The number of fused-ring (bicyclic) bond motifs is 1. The van der Waals surface area contributed by atoms with Crippen LogP contribution in [0.5, 0.6) is 0 Å². The van der Waals surface area contributed by atoms with Crippen LogP contribution in [0, 0.1) is 0 Å². The van der Waals surface area contributed by atoms with E-state index < -0.39 is 0 Å². The number of rotatable bonds is 4. The molecule has 3 nitrogen and oxygen atoms in total. The second-order valence-corrected chi connectivity index (χ2v) is 4.89. The lowest BCUT2D eigenvalue weighted by Gasteiger charge is -2.16. The molecule has 0 aliphatic rings. The molecule has 0 bridgehead atoms. The van der Waals surface area contributed by atoms with Crippen molar-refractivity contribution in [1.82, 2.24) is 5.43 Å². The van der Waals surface area contributed by atoms with Gasteiger partial charge in [-0.25, -0.2) is 5.43 Å². The molecule has 3 N–H and O–H groups in total. The Bertz CT molecular complexity index is 718. The molecule has 1 aromatic heterocycles. The number of aryl methyl sites for hydroxylation is 1. The molecular formula is C17H18N2O. The highest BCUT2D eigenvalue weighted by Gasteiger charge is 2.17. The molecule has 0 spiro atoms. The fraction of sp³-hybridized carbons (Fsp3) is 0.176. The Labute approximate surface area is 118 Å². The standard InChI is InChI=1S/C17H18N2O/c1-2-12-6-5-7-13(10-12)17(19-18)15-11-20-16-9-4-3-8-14(15)16/h3-11,17,19H,2,18H2,1H3. The Morgan fingerprint density at radius 1 is 1.15 bits per heavy atom. The van der Waals surface area contributed by atoms with E-state index in [2.05, 4.69) is 42.7 Å². The zero-order valence-corrected chi connectivity index (χ0v) is 11.5. The second-order valence-electron chi connectivity index (χ2n) is 4.89. The van der Waals surface area contributed by atoms with Crippen molar-refractivity contribution in [3.8, 4) is 0 Å². The number of nitrogens with one attached hydrogen (secondary N) is 1. The van der Waals surface area contributed by atoms with Gasteiger partial charge < -0.3 is 4.42 Å². The molecule has 1 unspecified atom stereocenters. The van der Waals surface area contributed by atoms with Crippen LogP contribution in [0.4, 0.5) is 0 Å². The van der Waals surface area contributed by atoms with Gasteiger partial charge in [0.05, 0.1) is 12.3 Å². The van der Waals surface area contributed by atoms with Crippen LogP contribution in [0.1, 0.15) is 29.7 Å². The van der Waals surface area contributed by atoms with Crippen molar-refractivity contribution in [3.63, 3.8) is 0 Å². The van der Waals surface area contributed by atoms with Crippen LogP contribution in [-0.2, 0) is 6.42 Å². The lowest BCUT2D eigenvalue weighted by Crippen LogP contribution is -2.28. The number of para-hydroxylation sites is 1. The van der Waals surface area contributed by atoms with Gasteiger partial charge in [-0.3, -0.25) is 5.84 Å². The van der Waals surface area contributed by atoms with Crippen molar-refractivity contribution in [2.24, 2.45) is 5.84 Å². The van der Waals surface area contributed by atoms with Gasteiger partial charge in [0.25, 0.3) is 0 Å². The summed E-state index contributed by atoms with van der Waals surface area (Å²) in [6.07, 6.45) is 2.80. The quantitative estimate of drug-likeness (QED) is 0.561. The minimum absolute atomic E-state index is 0.0647. The van der Waals surface area contributed by atoms with Crippen molar-refractivity contribution < 1.29 is 4.42 Å². The number of hydrogen-bond acceptors (Lipinski definition) is 3. The highest BCUT2D eigenvalue weighted by atomic mass is 16.3. The summed E-state index contributed by atoms with van der Waals surface area (Å²) < 4.78 is 5.61. The fourth-order valence-corrected chi connectivity index (χ4v) is 2.58. The van der Waals surface area contributed by atoms with E-state index in [-0.39, 0.29) is 6.04 Å². The van der Waals surface area contributed by atoms with Crippen LogP contribution >= 0.6 is 0 Å². The molecule has 0 saturated carbocycles. The van der Waals surface area contributed by atoms with E-state index >= 15 is 0 Å². The van der Waals surface area contributed by atoms with Crippen LogP contribution in [-0.4, -0.2) is 0 Å². The number of benzene rings is 2. The maximum absolute atomic E-state index is 5.79. The molecule has 1 heterocycles. The molecule has 3 heteroatoms. The molecule has 3 rings (SSSR count). The zero-order chi connectivity index (χ0) is 13.9. The molecule has 0 amide bonds. The molecule has 2 aromatic carbocycles. The third-order valence-corrected chi connectivity index (χ3v) is 3.68. The summed E-state index contributed by atoms with van der Waals surface area (Å²) in [5.41, 5.74) is 7.31. The highest BCUT2D eigenvalue weighted by Crippen LogP contribution is 2.30. The predicted octanol–water partition coefficient (Wildman–Crippen LogP) is 3.55. The number of nitrogens with two attached hydrogens (primary N) is 1. The average Bonchev–Trinajstić information content (AvgIpc) is 2.93. The number of hydrogen-bond donors (Lipinski definition) is 2. The lowest BCUT2D eigenvalue weighted by molar-refractivity contribution is 0.585. The maximum atomic E-state index is 5.79. The minimum Gasteiger partial charge on any atom is -0.464 e. The molecule has 20 heavy (non-hydrogen) atoms. The summed E-state index contributed by atoms with van der Waals surface area (Å²) in [6, 6.07) is 16.4. The first-order valence-corrected chi connectivity index (χ1v) is 6.84. The summed E-state index contributed by atoms with van der Waals surface area (Å²) in [5.74, 6) is 5.79. The molecule has 0 radical (unpaired) electrons. The molecule has 0 aliphatic carbocycles. The third kappa shape index (κ3) is 2.22. The Balaban J connectivity index is 2.09. The topological polar surface area (TPSA) is 51.2 Å². The number of hydrazine groups is 1. The molecule has 102 valence electrons. The monoisotopic (exact) mass is 266 g/mol. The predicted molar refractivity (Wildman–Crippen MR) is 81.2 cm³/mol. The normalized spacial score (nSPS) is 12.7. The highest BCUT2D eigenvalue weighted by molar-refractivity contribution is 5.81. The fourth-order valence-electron chi connectivity index (χ4n) is 2.58. The minimum atomic E-state index is -0.0647. The summed E-state index contributed by atoms with van der Waals surface area (Å²) in [4.78, 5) is 0. The molecule has 3 aromatic rings. The lowest BCUT2D eigenvalue weighted by atomic mass is 9.97. The molecule has 0 saturated heterocycles. The van der Waals surface area contributed by atoms with Crippen molar-refractivity contribution >= 4 is 11.0 Å². The van der Waals surface area contributed by atoms with Gasteiger partial charge in [-0.1, -0.05) is 49.4 Å². The van der Waals surface area contributed by atoms with Crippen molar-refractivity contribution in [1.29, 1.82) is 0 Å². The third-order valence-electron chi connectivity index (χ3n) is 3.68. The summed E-state index contributed by atoms with van der Waals surface area (Å²) in [6.45, 7) is 2.15. The zero-order valence-electron chi connectivity index (χ0n) is 11.5. The first-order chi connectivity index (χ1) is 9.83. The van der Waals surface area contributed by atoms with E-state index in [9.17, 15) is 0 Å². The SMILES string of the molecule is CCc1cccc(C(NN)c2coc3ccccc23)c1.